The molecule has 160 valence electrons. The number of hydrogen-bond donors (Lipinski definition) is 1. The summed E-state index contributed by atoms with van der Waals surface area (Å²) in [6.07, 6.45) is 0.977. The predicted molar refractivity (Wildman–Crippen MR) is 114 cm³/mol. The van der Waals surface area contributed by atoms with Gasteiger partial charge in [0.05, 0.1) is 20.3 Å². The van der Waals surface area contributed by atoms with Gasteiger partial charge in [-0.2, -0.15) is 5.10 Å². The van der Waals surface area contributed by atoms with Gasteiger partial charge in [-0.15, -0.1) is 0 Å². The number of para-hydroxylation sites is 2. The van der Waals surface area contributed by atoms with Gasteiger partial charge in [0.1, 0.15) is 12.4 Å². The van der Waals surface area contributed by atoms with E-state index in [0.29, 0.717) is 40.2 Å². The summed E-state index contributed by atoms with van der Waals surface area (Å²) < 4.78 is 25.1. The Hall–Kier alpha value is -2.62. The highest BCUT2D eigenvalue weighted by Gasteiger charge is 2.15. The maximum Gasteiger partial charge on any atom is 0.198 e. The molecule has 8 nitrogen and oxygen atoms in total. The number of hydrogen-bond acceptors (Lipinski definition) is 7. The maximum absolute atomic E-state index is 5.97. The number of aromatic nitrogens is 3. The average Bonchev–Trinajstić information content (AvgIpc) is 3.40. The minimum absolute atomic E-state index is 0.294. The van der Waals surface area contributed by atoms with Crippen LogP contribution in [0.2, 0.25) is 0 Å². The number of furan rings is 1. The fourth-order valence-corrected chi connectivity index (χ4v) is 3.68. The third kappa shape index (κ3) is 4.92. The summed E-state index contributed by atoms with van der Waals surface area (Å²) in [5.74, 6) is 3.41. The summed E-state index contributed by atoms with van der Waals surface area (Å²) in [5.41, 5.74) is 0. The van der Waals surface area contributed by atoms with E-state index in [9.17, 15) is 0 Å². The second-order valence-electron chi connectivity index (χ2n) is 7.02. The molecule has 3 heterocycles. The second kappa shape index (κ2) is 9.92. The van der Waals surface area contributed by atoms with Gasteiger partial charge >= 0.3 is 0 Å². The Morgan fingerprint density at radius 2 is 1.90 bits per heavy atom. The Kier molecular flexibility index (Phi) is 6.83. The third-order valence-corrected chi connectivity index (χ3v) is 5.35. The summed E-state index contributed by atoms with van der Waals surface area (Å²) in [7, 11) is 1.62. The fourth-order valence-electron chi connectivity index (χ4n) is 3.45. The van der Waals surface area contributed by atoms with Crippen molar-refractivity contribution in [2.24, 2.45) is 0 Å². The Labute approximate surface area is 180 Å². The number of nitrogens with zero attached hydrogens (tertiary/aromatic N) is 3. The van der Waals surface area contributed by atoms with Crippen molar-refractivity contribution in [1.29, 1.82) is 0 Å². The molecule has 9 heteroatoms. The van der Waals surface area contributed by atoms with E-state index >= 15 is 0 Å². The van der Waals surface area contributed by atoms with E-state index in [1.165, 1.54) is 0 Å². The van der Waals surface area contributed by atoms with Crippen molar-refractivity contribution in [3.05, 3.63) is 46.9 Å². The highest BCUT2D eigenvalue weighted by atomic mass is 32.1. The first kappa shape index (κ1) is 20.6. The van der Waals surface area contributed by atoms with Crippen LogP contribution in [-0.2, 0) is 17.9 Å². The Balaban J connectivity index is 1.39. The number of aromatic amines is 1. The van der Waals surface area contributed by atoms with Gasteiger partial charge in [0.2, 0.25) is 0 Å². The number of nitrogens with one attached hydrogen (secondary N) is 1. The van der Waals surface area contributed by atoms with Crippen LogP contribution in [0.1, 0.15) is 12.2 Å². The molecule has 1 aromatic carbocycles. The molecule has 3 aromatic rings. The first-order valence-electron chi connectivity index (χ1n) is 10.0. The molecule has 0 saturated carbocycles. The molecule has 0 amide bonds. The molecule has 1 aliphatic rings. The van der Waals surface area contributed by atoms with Crippen LogP contribution in [0.15, 0.2) is 40.8 Å². The van der Waals surface area contributed by atoms with Gasteiger partial charge in [-0.25, -0.2) is 0 Å². The Morgan fingerprint density at radius 1 is 1.10 bits per heavy atom. The lowest BCUT2D eigenvalue weighted by atomic mass is 10.3. The molecular weight excluding hydrogens is 404 g/mol. The van der Waals surface area contributed by atoms with Gasteiger partial charge in [0.25, 0.3) is 0 Å². The Morgan fingerprint density at radius 3 is 2.70 bits per heavy atom. The van der Waals surface area contributed by atoms with Crippen LogP contribution in [0.3, 0.4) is 0 Å². The van der Waals surface area contributed by atoms with Crippen LogP contribution in [0.25, 0.3) is 11.6 Å². The molecule has 1 N–H and O–H groups in total. The lowest BCUT2D eigenvalue weighted by molar-refractivity contribution is 0.0369. The van der Waals surface area contributed by atoms with Crippen molar-refractivity contribution in [3.63, 3.8) is 0 Å². The van der Waals surface area contributed by atoms with E-state index in [0.717, 1.165) is 45.8 Å². The minimum atomic E-state index is 0.294. The van der Waals surface area contributed by atoms with Gasteiger partial charge in [-0.05, 0) is 42.9 Å². The standard InChI is InChI=1S/C21H26N4O4S/c1-26-17-5-2-3-6-18(17)28-15-16-7-8-19(29-16)20-22-23-21(30)25(20)10-4-9-24-11-13-27-14-12-24/h2-3,5-8H,4,9-15H2,1H3,(H,23,30). The third-order valence-electron chi connectivity index (χ3n) is 5.04. The lowest BCUT2D eigenvalue weighted by Crippen LogP contribution is -2.37. The zero-order chi connectivity index (χ0) is 20.8. The largest absolute Gasteiger partial charge is 0.493 e. The molecule has 1 saturated heterocycles. The van der Waals surface area contributed by atoms with Crippen molar-refractivity contribution >= 4 is 12.2 Å². The zero-order valence-electron chi connectivity index (χ0n) is 17.0. The van der Waals surface area contributed by atoms with Crippen molar-refractivity contribution in [3.8, 4) is 23.1 Å². The fraction of sp³-hybridized carbons (Fsp3) is 0.429. The van der Waals surface area contributed by atoms with Gasteiger partial charge in [-0.3, -0.25) is 14.6 Å². The summed E-state index contributed by atoms with van der Waals surface area (Å²) in [5, 5.41) is 7.25. The first-order valence-corrected chi connectivity index (χ1v) is 10.5. The zero-order valence-corrected chi connectivity index (χ0v) is 17.8. The number of methoxy groups -OCH3 is 1. The van der Waals surface area contributed by atoms with E-state index in [2.05, 4.69) is 15.1 Å². The quantitative estimate of drug-likeness (QED) is 0.521. The van der Waals surface area contributed by atoms with E-state index in [-0.39, 0.29) is 0 Å². The first-order chi connectivity index (χ1) is 14.7. The monoisotopic (exact) mass is 430 g/mol. The highest BCUT2D eigenvalue weighted by Crippen LogP contribution is 2.28. The van der Waals surface area contributed by atoms with Crippen LogP contribution < -0.4 is 9.47 Å². The van der Waals surface area contributed by atoms with E-state index in [1.54, 1.807) is 7.11 Å². The van der Waals surface area contributed by atoms with Crippen molar-refractivity contribution in [2.45, 2.75) is 19.6 Å². The van der Waals surface area contributed by atoms with Crippen LogP contribution >= 0.6 is 12.2 Å². The molecule has 0 aliphatic carbocycles. The van der Waals surface area contributed by atoms with Crippen molar-refractivity contribution < 1.29 is 18.6 Å². The van der Waals surface area contributed by atoms with E-state index < -0.39 is 0 Å². The molecule has 1 fully saturated rings. The maximum atomic E-state index is 5.97. The summed E-state index contributed by atoms with van der Waals surface area (Å²) in [4.78, 5) is 2.41. The lowest BCUT2D eigenvalue weighted by Gasteiger charge is -2.26. The van der Waals surface area contributed by atoms with Crippen molar-refractivity contribution in [2.75, 3.05) is 40.0 Å². The van der Waals surface area contributed by atoms with E-state index in [1.807, 2.05) is 41.0 Å². The molecule has 4 rings (SSSR count). The molecule has 1 aliphatic heterocycles. The minimum Gasteiger partial charge on any atom is -0.493 e. The van der Waals surface area contributed by atoms with Gasteiger partial charge < -0.3 is 18.6 Å². The molecule has 0 bridgehead atoms. The van der Waals surface area contributed by atoms with Gasteiger partial charge in [0, 0.05) is 26.2 Å². The molecule has 0 spiro atoms. The molecule has 30 heavy (non-hydrogen) atoms. The topological polar surface area (TPSA) is 77.7 Å². The average molecular weight is 431 g/mol. The highest BCUT2D eigenvalue weighted by molar-refractivity contribution is 7.71. The Bertz CT molecular complexity index is 1010. The van der Waals surface area contributed by atoms with Crippen LogP contribution in [0, 0.1) is 4.77 Å². The second-order valence-corrected chi connectivity index (χ2v) is 7.40. The van der Waals surface area contributed by atoms with Crippen LogP contribution in [0.4, 0.5) is 0 Å². The molecule has 0 radical (unpaired) electrons. The summed E-state index contributed by atoms with van der Waals surface area (Å²) in [6, 6.07) is 11.3. The number of ether oxygens (including phenoxy) is 3. The van der Waals surface area contributed by atoms with Crippen molar-refractivity contribution in [1.82, 2.24) is 19.7 Å². The van der Waals surface area contributed by atoms with Gasteiger partial charge in [-0.1, -0.05) is 12.1 Å². The molecule has 0 atom stereocenters. The SMILES string of the molecule is COc1ccccc1OCc1ccc(-c2n[nH]c(=S)n2CCCN2CCOCC2)o1. The molecular formula is C21H26N4O4S. The smallest absolute Gasteiger partial charge is 0.198 e. The number of rotatable bonds is 9. The molecule has 2 aromatic heterocycles. The van der Waals surface area contributed by atoms with E-state index in [4.69, 9.17) is 30.8 Å². The number of benzene rings is 1. The number of H-pyrrole nitrogens is 1. The van der Waals surface area contributed by atoms with Crippen LogP contribution in [-0.4, -0.2) is 59.6 Å². The normalized spacial score (nSPS) is 14.7. The number of morpholine rings is 1. The predicted octanol–water partition coefficient (Wildman–Crippen LogP) is 3.51. The summed E-state index contributed by atoms with van der Waals surface area (Å²) >= 11 is 5.42. The molecule has 0 unspecified atom stereocenters. The van der Waals surface area contributed by atoms with Crippen LogP contribution in [0.5, 0.6) is 11.5 Å². The van der Waals surface area contributed by atoms with Gasteiger partial charge in [0.15, 0.2) is 27.9 Å². The summed E-state index contributed by atoms with van der Waals surface area (Å²) in [6.45, 7) is 5.66.